The Kier molecular flexibility index (Phi) is 2.55. The van der Waals surface area contributed by atoms with Crippen molar-refractivity contribution in [2.75, 3.05) is 5.43 Å². The van der Waals surface area contributed by atoms with E-state index in [2.05, 4.69) is 10.4 Å². The number of pyridine rings is 1. The van der Waals surface area contributed by atoms with Gasteiger partial charge in [-0.2, -0.15) is 0 Å². The Hall–Kier alpha value is -2.37. The first kappa shape index (κ1) is 10.2. The van der Waals surface area contributed by atoms with Gasteiger partial charge < -0.3 is 5.11 Å². The van der Waals surface area contributed by atoms with Crippen molar-refractivity contribution in [1.29, 1.82) is 0 Å². The smallest absolute Gasteiger partial charge is 0.423 e. The highest BCUT2D eigenvalue weighted by molar-refractivity contribution is 5.84. The van der Waals surface area contributed by atoms with Crippen molar-refractivity contribution >= 4 is 22.7 Å². The molecule has 0 saturated carbocycles. The number of benzene rings is 1. The molecular weight excluding hydrogens is 213 g/mol. The van der Waals surface area contributed by atoms with E-state index in [-0.39, 0.29) is 5.82 Å². The van der Waals surface area contributed by atoms with Gasteiger partial charge in [0.15, 0.2) is 0 Å². The number of hydrazine groups is 1. The Balaban J connectivity index is 2.31. The van der Waals surface area contributed by atoms with Gasteiger partial charge in [0, 0.05) is 11.6 Å². The van der Waals surface area contributed by atoms with Crippen LogP contribution in [-0.4, -0.2) is 16.2 Å². The number of hydrogen-bond donors (Lipinski definition) is 3. The number of anilines is 1. The molecule has 0 aliphatic rings. The Labute approximate surface area is 89.9 Å². The van der Waals surface area contributed by atoms with Crippen LogP contribution in [0.25, 0.3) is 10.8 Å². The molecule has 1 aromatic carbocycles. The maximum Gasteiger partial charge on any atom is 0.423 e. The standard InChI is InChI=1S/C10H8FN3O2/c11-8-2-1-6-5-12-9(4-7(6)3-8)13-14-10(15)16/h1-5,14H,(H,12,13)(H,15,16). The predicted molar refractivity (Wildman–Crippen MR) is 56.5 cm³/mol. The molecule has 0 saturated heterocycles. The van der Waals surface area contributed by atoms with Gasteiger partial charge in [0.05, 0.1) is 0 Å². The van der Waals surface area contributed by atoms with Crippen molar-refractivity contribution in [3.8, 4) is 0 Å². The molecule has 1 heterocycles. The summed E-state index contributed by atoms with van der Waals surface area (Å²) in [5.41, 5.74) is 4.32. The van der Waals surface area contributed by atoms with E-state index in [0.717, 1.165) is 5.39 Å². The van der Waals surface area contributed by atoms with Gasteiger partial charge in [-0.05, 0) is 29.7 Å². The average molecular weight is 221 g/mol. The second-order valence-electron chi connectivity index (χ2n) is 3.12. The molecule has 1 aromatic heterocycles. The number of hydrogen-bond acceptors (Lipinski definition) is 3. The minimum Gasteiger partial charge on any atom is -0.464 e. The van der Waals surface area contributed by atoms with Crippen LogP contribution in [0.2, 0.25) is 0 Å². The second kappa shape index (κ2) is 4.01. The van der Waals surface area contributed by atoms with Crippen LogP contribution < -0.4 is 10.9 Å². The van der Waals surface area contributed by atoms with Crippen LogP contribution in [0.1, 0.15) is 0 Å². The first-order valence-electron chi connectivity index (χ1n) is 4.45. The fraction of sp³-hybridized carbons (Fsp3) is 0. The van der Waals surface area contributed by atoms with Crippen LogP contribution in [0, 0.1) is 5.82 Å². The maximum absolute atomic E-state index is 12.9. The summed E-state index contributed by atoms with van der Waals surface area (Å²) in [5.74, 6) is -0.0451. The number of amides is 1. The zero-order chi connectivity index (χ0) is 11.5. The molecule has 6 heteroatoms. The number of carbonyl (C=O) groups is 1. The number of rotatable bonds is 2. The summed E-state index contributed by atoms with van der Waals surface area (Å²) in [7, 11) is 0. The van der Waals surface area contributed by atoms with Crippen LogP contribution in [0.3, 0.4) is 0 Å². The molecule has 0 spiro atoms. The summed E-state index contributed by atoms with van der Waals surface area (Å²) in [6.07, 6.45) is 0.307. The second-order valence-corrected chi connectivity index (χ2v) is 3.12. The summed E-state index contributed by atoms with van der Waals surface area (Å²) in [6, 6.07) is 5.84. The minimum atomic E-state index is -1.22. The number of aromatic nitrogens is 1. The van der Waals surface area contributed by atoms with Crippen molar-refractivity contribution in [1.82, 2.24) is 10.4 Å². The quantitative estimate of drug-likeness (QED) is 0.678. The Morgan fingerprint density at radius 3 is 2.88 bits per heavy atom. The SMILES string of the molecule is O=C(O)NNc1cc2cc(F)ccc2cn1. The average Bonchev–Trinajstić information content (AvgIpc) is 2.25. The zero-order valence-electron chi connectivity index (χ0n) is 8.07. The molecule has 16 heavy (non-hydrogen) atoms. The molecule has 0 aliphatic heterocycles. The molecule has 0 unspecified atom stereocenters. The van der Waals surface area contributed by atoms with Gasteiger partial charge in [0.1, 0.15) is 11.6 Å². The summed E-state index contributed by atoms with van der Waals surface area (Å²) >= 11 is 0. The zero-order valence-corrected chi connectivity index (χ0v) is 8.07. The fourth-order valence-corrected chi connectivity index (χ4v) is 1.30. The number of fused-ring (bicyclic) bond motifs is 1. The number of halogens is 1. The lowest BCUT2D eigenvalue weighted by Crippen LogP contribution is -2.27. The van der Waals surface area contributed by atoms with Crippen LogP contribution in [0.4, 0.5) is 15.0 Å². The van der Waals surface area contributed by atoms with E-state index >= 15 is 0 Å². The van der Waals surface area contributed by atoms with Crippen molar-refractivity contribution < 1.29 is 14.3 Å². The Morgan fingerprint density at radius 1 is 1.31 bits per heavy atom. The fourth-order valence-electron chi connectivity index (χ4n) is 1.30. The lowest BCUT2D eigenvalue weighted by molar-refractivity contribution is 0.197. The van der Waals surface area contributed by atoms with Crippen molar-refractivity contribution in [3.05, 3.63) is 36.3 Å². The normalized spacial score (nSPS) is 10.1. The summed E-state index contributed by atoms with van der Waals surface area (Å²) in [6.45, 7) is 0. The number of carboxylic acid groups (broad SMARTS) is 1. The molecule has 0 bridgehead atoms. The number of nitrogens with zero attached hydrogens (tertiary/aromatic N) is 1. The summed E-state index contributed by atoms with van der Waals surface area (Å²) < 4.78 is 12.9. The minimum absolute atomic E-state index is 0.306. The molecule has 0 fully saturated rings. The molecule has 82 valence electrons. The van der Waals surface area contributed by atoms with E-state index in [9.17, 15) is 9.18 Å². The first-order valence-corrected chi connectivity index (χ1v) is 4.45. The van der Waals surface area contributed by atoms with E-state index in [4.69, 9.17) is 5.11 Å². The molecule has 5 nitrogen and oxygen atoms in total. The molecule has 1 amide bonds. The van der Waals surface area contributed by atoms with Crippen LogP contribution in [0.15, 0.2) is 30.5 Å². The van der Waals surface area contributed by atoms with Crippen LogP contribution in [0.5, 0.6) is 0 Å². The van der Waals surface area contributed by atoms with E-state index in [1.54, 1.807) is 12.1 Å². The molecule has 0 aliphatic carbocycles. The molecule has 3 N–H and O–H groups in total. The highest BCUT2D eigenvalue weighted by Crippen LogP contribution is 2.17. The van der Waals surface area contributed by atoms with E-state index in [0.29, 0.717) is 11.2 Å². The highest BCUT2D eigenvalue weighted by Gasteiger charge is 2.00. The largest absolute Gasteiger partial charge is 0.464 e. The number of nitrogens with one attached hydrogen (secondary N) is 2. The van der Waals surface area contributed by atoms with Gasteiger partial charge in [0.2, 0.25) is 0 Å². The van der Waals surface area contributed by atoms with E-state index < -0.39 is 6.09 Å². The van der Waals surface area contributed by atoms with Gasteiger partial charge in [-0.1, -0.05) is 0 Å². The van der Waals surface area contributed by atoms with Gasteiger partial charge >= 0.3 is 6.09 Å². The molecule has 2 aromatic rings. The third kappa shape index (κ3) is 2.17. The molecular formula is C10H8FN3O2. The predicted octanol–water partition coefficient (Wildman–Crippen LogP) is 1.97. The lowest BCUT2D eigenvalue weighted by Gasteiger charge is -2.05. The van der Waals surface area contributed by atoms with E-state index in [1.165, 1.54) is 18.3 Å². The highest BCUT2D eigenvalue weighted by atomic mass is 19.1. The van der Waals surface area contributed by atoms with Crippen molar-refractivity contribution in [2.24, 2.45) is 0 Å². The van der Waals surface area contributed by atoms with Crippen LogP contribution >= 0.6 is 0 Å². The topological polar surface area (TPSA) is 74.2 Å². The van der Waals surface area contributed by atoms with Gasteiger partial charge in [-0.15, -0.1) is 0 Å². The van der Waals surface area contributed by atoms with Gasteiger partial charge in [-0.25, -0.2) is 19.6 Å². The van der Waals surface area contributed by atoms with E-state index in [1.807, 2.05) is 5.43 Å². The van der Waals surface area contributed by atoms with Crippen LogP contribution in [-0.2, 0) is 0 Å². The third-order valence-electron chi connectivity index (χ3n) is 1.98. The lowest BCUT2D eigenvalue weighted by atomic mass is 10.2. The first-order chi connectivity index (χ1) is 7.65. The molecule has 0 radical (unpaired) electrons. The summed E-state index contributed by atoms with van der Waals surface area (Å²) in [5, 5.41) is 9.79. The van der Waals surface area contributed by atoms with Gasteiger partial charge in [0.25, 0.3) is 0 Å². The summed E-state index contributed by atoms with van der Waals surface area (Å²) in [4.78, 5) is 14.2. The van der Waals surface area contributed by atoms with Crippen molar-refractivity contribution in [2.45, 2.75) is 0 Å². The maximum atomic E-state index is 12.9. The monoisotopic (exact) mass is 221 g/mol. The Bertz CT molecular complexity index is 545. The Morgan fingerprint density at radius 2 is 2.12 bits per heavy atom. The third-order valence-corrected chi connectivity index (χ3v) is 1.98. The van der Waals surface area contributed by atoms with Gasteiger partial charge in [-0.3, -0.25) is 5.43 Å². The molecule has 0 atom stereocenters. The van der Waals surface area contributed by atoms with Crippen molar-refractivity contribution in [3.63, 3.8) is 0 Å². The molecule has 2 rings (SSSR count).